The van der Waals surface area contributed by atoms with Gasteiger partial charge in [-0.25, -0.2) is 0 Å². The maximum atomic E-state index is 6.03. The van der Waals surface area contributed by atoms with Crippen molar-refractivity contribution in [2.45, 2.75) is 27.7 Å². The van der Waals surface area contributed by atoms with Crippen LogP contribution in [0.1, 0.15) is 30.5 Å². The Balaban J connectivity index is 3.45. The van der Waals surface area contributed by atoms with Gasteiger partial charge >= 0.3 is 0 Å². The molecule has 86 valence electrons. The van der Waals surface area contributed by atoms with E-state index in [2.05, 4.69) is 52.5 Å². The van der Waals surface area contributed by atoms with E-state index in [4.69, 9.17) is 5.73 Å². The monoisotopic (exact) mass is 215 g/mol. The molecule has 1 rings (SSSR count). The van der Waals surface area contributed by atoms with Crippen LogP contribution in [0.15, 0.2) is 36.6 Å². The predicted octanol–water partition coefficient (Wildman–Crippen LogP) is 3.82. The van der Waals surface area contributed by atoms with Gasteiger partial charge in [0.15, 0.2) is 0 Å². The highest BCUT2D eigenvalue weighted by molar-refractivity contribution is 5.74. The van der Waals surface area contributed by atoms with Crippen molar-refractivity contribution in [3.05, 3.63) is 53.2 Å². The van der Waals surface area contributed by atoms with Crippen molar-refractivity contribution in [2.24, 2.45) is 11.7 Å². The van der Waals surface area contributed by atoms with Gasteiger partial charge in [0.1, 0.15) is 0 Å². The summed E-state index contributed by atoms with van der Waals surface area (Å²) in [5.74, 6) is 0.401. The van der Waals surface area contributed by atoms with E-state index in [1.165, 1.54) is 22.3 Å². The van der Waals surface area contributed by atoms with Crippen molar-refractivity contribution in [3.8, 4) is 0 Å². The normalized spacial score (nSPS) is 12.6. The fourth-order valence-corrected chi connectivity index (χ4v) is 1.95. The number of benzene rings is 1. The van der Waals surface area contributed by atoms with Gasteiger partial charge in [0.05, 0.1) is 0 Å². The first kappa shape index (κ1) is 12.6. The molecule has 1 nitrogen and oxygen atoms in total. The first-order chi connectivity index (χ1) is 7.49. The second kappa shape index (κ2) is 5.02. The minimum Gasteiger partial charge on any atom is -0.398 e. The van der Waals surface area contributed by atoms with Gasteiger partial charge in [0.25, 0.3) is 0 Å². The molecule has 0 aliphatic heterocycles. The lowest BCUT2D eigenvalue weighted by molar-refractivity contribution is 0.846. The summed E-state index contributed by atoms with van der Waals surface area (Å²) >= 11 is 0. The number of hydrogen-bond donors (Lipinski definition) is 1. The zero-order valence-corrected chi connectivity index (χ0v) is 10.7. The van der Waals surface area contributed by atoms with Crippen LogP contribution in [0.3, 0.4) is 0 Å². The summed E-state index contributed by atoms with van der Waals surface area (Å²) in [5, 5.41) is 0. The standard InChI is InChI=1S/C15H21N/c1-6-14(16)15(10(2)3)13-9-7-8-11(4)12(13)5/h6-10H,1,16H2,2-5H3/b15-14+. The van der Waals surface area contributed by atoms with Gasteiger partial charge in [-0.15, -0.1) is 0 Å². The lowest BCUT2D eigenvalue weighted by Gasteiger charge is -2.17. The highest BCUT2D eigenvalue weighted by atomic mass is 14.6. The Morgan fingerprint density at radius 3 is 2.44 bits per heavy atom. The first-order valence-electron chi connectivity index (χ1n) is 5.67. The summed E-state index contributed by atoms with van der Waals surface area (Å²) in [6.07, 6.45) is 1.73. The molecule has 0 saturated carbocycles. The van der Waals surface area contributed by atoms with Crippen LogP contribution >= 0.6 is 0 Å². The maximum Gasteiger partial charge on any atom is 0.0349 e. The molecule has 2 N–H and O–H groups in total. The molecule has 0 saturated heterocycles. The minimum absolute atomic E-state index is 0.401. The summed E-state index contributed by atoms with van der Waals surface area (Å²) in [4.78, 5) is 0. The third-order valence-electron chi connectivity index (χ3n) is 3.00. The van der Waals surface area contributed by atoms with Crippen molar-refractivity contribution in [3.63, 3.8) is 0 Å². The molecular weight excluding hydrogens is 194 g/mol. The molecule has 0 atom stereocenters. The Hall–Kier alpha value is -1.50. The Bertz CT molecular complexity index is 425. The van der Waals surface area contributed by atoms with Crippen LogP contribution in [-0.4, -0.2) is 0 Å². The summed E-state index contributed by atoms with van der Waals surface area (Å²) in [7, 11) is 0. The van der Waals surface area contributed by atoms with Crippen molar-refractivity contribution < 1.29 is 0 Å². The summed E-state index contributed by atoms with van der Waals surface area (Å²) < 4.78 is 0. The summed E-state index contributed by atoms with van der Waals surface area (Å²) in [5.41, 5.74) is 11.8. The molecule has 0 amide bonds. The van der Waals surface area contributed by atoms with Gasteiger partial charge < -0.3 is 5.73 Å². The lowest BCUT2D eigenvalue weighted by atomic mass is 9.89. The van der Waals surface area contributed by atoms with Gasteiger partial charge in [-0.3, -0.25) is 0 Å². The van der Waals surface area contributed by atoms with Crippen LogP contribution in [0.4, 0.5) is 0 Å². The van der Waals surface area contributed by atoms with Crippen molar-refractivity contribution in [2.75, 3.05) is 0 Å². The van der Waals surface area contributed by atoms with Crippen LogP contribution < -0.4 is 5.73 Å². The van der Waals surface area contributed by atoms with E-state index >= 15 is 0 Å². The third kappa shape index (κ3) is 2.35. The second-order valence-corrected chi connectivity index (χ2v) is 4.48. The average Bonchev–Trinajstić information content (AvgIpc) is 2.24. The van der Waals surface area contributed by atoms with Crippen LogP contribution in [0, 0.1) is 19.8 Å². The van der Waals surface area contributed by atoms with E-state index < -0.39 is 0 Å². The topological polar surface area (TPSA) is 26.0 Å². The largest absolute Gasteiger partial charge is 0.398 e. The summed E-state index contributed by atoms with van der Waals surface area (Å²) in [6, 6.07) is 6.34. The Kier molecular flexibility index (Phi) is 3.94. The van der Waals surface area contributed by atoms with E-state index in [0.717, 1.165) is 5.70 Å². The van der Waals surface area contributed by atoms with Crippen molar-refractivity contribution in [1.29, 1.82) is 0 Å². The fraction of sp³-hybridized carbons (Fsp3) is 0.333. The zero-order chi connectivity index (χ0) is 12.3. The maximum absolute atomic E-state index is 6.03. The zero-order valence-electron chi connectivity index (χ0n) is 10.7. The van der Waals surface area contributed by atoms with Crippen LogP contribution in [0.25, 0.3) is 5.57 Å². The number of rotatable bonds is 3. The number of nitrogens with two attached hydrogens (primary N) is 1. The van der Waals surface area contributed by atoms with Gasteiger partial charge in [-0.05, 0) is 48.1 Å². The van der Waals surface area contributed by atoms with E-state index in [-0.39, 0.29) is 0 Å². The Labute approximate surface area is 98.7 Å². The number of hydrogen-bond acceptors (Lipinski definition) is 1. The molecule has 1 aromatic carbocycles. The van der Waals surface area contributed by atoms with Crippen molar-refractivity contribution in [1.82, 2.24) is 0 Å². The van der Waals surface area contributed by atoms with E-state index in [9.17, 15) is 0 Å². The van der Waals surface area contributed by atoms with E-state index in [1.807, 2.05) is 0 Å². The highest BCUT2D eigenvalue weighted by Crippen LogP contribution is 2.29. The smallest absolute Gasteiger partial charge is 0.0349 e. The van der Waals surface area contributed by atoms with Crippen LogP contribution in [-0.2, 0) is 0 Å². The molecular formula is C15H21N. The molecule has 0 aliphatic rings. The Morgan fingerprint density at radius 1 is 1.31 bits per heavy atom. The highest BCUT2D eigenvalue weighted by Gasteiger charge is 2.12. The van der Waals surface area contributed by atoms with Gasteiger partial charge in [-0.1, -0.05) is 38.6 Å². The molecule has 1 aromatic rings. The van der Waals surface area contributed by atoms with Gasteiger partial charge in [-0.2, -0.15) is 0 Å². The predicted molar refractivity (Wildman–Crippen MR) is 72.1 cm³/mol. The molecule has 0 unspecified atom stereocenters. The number of aryl methyl sites for hydroxylation is 1. The summed E-state index contributed by atoms with van der Waals surface area (Å²) in [6.45, 7) is 12.3. The first-order valence-corrected chi connectivity index (χ1v) is 5.67. The SMILES string of the molecule is C=C/C(N)=C(\c1cccc(C)c1C)C(C)C. The van der Waals surface area contributed by atoms with E-state index in [1.54, 1.807) is 6.08 Å². The molecule has 0 heterocycles. The minimum atomic E-state index is 0.401. The fourth-order valence-electron chi connectivity index (χ4n) is 1.95. The van der Waals surface area contributed by atoms with Crippen LogP contribution in [0.2, 0.25) is 0 Å². The van der Waals surface area contributed by atoms with Crippen molar-refractivity contribution >= 4 is 5.57 Å². The molecule has 16 heavy (non-hydrogen) atoms. The third-order valence-corrected chi connectivity index (χ3v) is 3.00. The average molecular weight is 215 g/mol. The van der Waals surface area contributed by atoms with Crippen LogP contribution in [0.5, 0.6) is 0 Å². The second-order valence-electron chi connectivity index (χ2n) is 4.48. The molecule has 0 bridgehead atoms. The molecule has 0 aliphatic carbocycles. The molecule has 0 spiro atoms. The molecule has 0 aromatic heterocycles. The molecule has 1 heteroatoms. The van der Waals surface area contributed by atoms with E-state index in [0.29, 0.717) is 5.92 Å². The lowest BCUT2D eigenvalue weighted by Crippen LogP contribution is -2.06. The quantitative estimate of drug-likeness (QED) is 0.762. The molecule has 0 fully saturated rings. The Morgan fingerprint density at radius 2 is 1.94 bits per heavy atom. The van der Waals surface area contributed by atoms with Gasteiger partial charge in [0.2, 0.25) is 0 Å². The number of allylic oxidation sites excluding steroid dienone is 2. The van der Waals surface area contributed by atoms with Gasteiger partial charge in [0, 0.05) is 5.70 Å². The molecule has 0 radical (unpaired) electrons.